The molecule has 0 bridgehead atoms. The Labute approximate surface area is 180 Å². The van der Waals surface area contributed by atoms with Gasteiger partial charge < -0.3 is 15.0 Å². The molecular formula is C26H24N2O3. The van der Waals surface area contributed by atoms with Crippen molar-refractivity contribution in [2.45, 2.75) is 19.3 Å². The first kappa shape index (κ1) is 20.4. The number of amides is 1. The number of ether oxygens (including phenoxy) is 1. The highest BCUT2D eigenvalue weighted by Crippen LogP contribution is 2.20. The fourth-order valence-electron chi connectivity index (χ4n) is 3.47. The average Bonchev–Trinajstić information content (AvgIpc) is 2.81. The number of pyridine rings is 1. The Kier molecular flexibility index (Phi) is 6.43. The van der Waals surface area contributed by atoms with E-state index in [1.54, 1.807) is 48.7 Å². The third-order valence-corrected chi connectivity index (χ3v) is 5.13. The second-order valence-electron chi connectivity index (χ2n) is 7.34. The van der Waals surface area contributed by atoms with Crippen molar-refractivity contribution in [2.24, 2.45) is 0 Å². The molecule has 1 heterocycles. The van der Waals surface area contributed by atoms with Gasteiger partial charge in [0, 0.05) is 23.2 Å². The summed E-state index contributed by atoms with van der Waals surface area (Å²) in [4.78, 5) is 27.7. The molecule has 0 aliphatic rings. The molecule has 2 N–H and O–H groups in total. The lowest BCUT2D eigenvalue weighted by Crippen LogP contribution is -2.13. The Bertz CT molecular complexity index is 1210. The van der Waals surface area contributed by atoms with Gasteiger partial charge in [0.05, 0.1) is 17.8 Å². The van der Waals surface area contributed by atoms with Gasteiger partial charge in [-0.1, -0.05) is 36.4 Å². The second kappa shape index (κ2) is 9.76. The summed E-state index contributed by atoms with van der Waals surface area (Å²) in [5.41, 5.74) is 2.95. The molecule has 1 amide bonds. The largest absolute Gasteiger partial charge is 0.494 e. The molecular weight excluding hydrogens is 388 g/mol. The third kappa shape index (κ3) is 5.20. The van der Waals surface area contributed by atoms with E-state index in [-0.39, 0.29) is 11.3 Å². The summed E-state index contributed by atoms with van der Waals surface area (Å²) in [6.07, 6.45) is 4.66. The Morgan fingerprint density at radius 1 is 0.871 bits per heavy atom. The maximum absolute atomic E-state index is 12.6. The van der Waals surface area contributed by atoms with Crippen LogP contribution in [0.4, 0.5) is 5.69 Å². The number of hydrogen-bond acceptors (Lipinski definition) is 3. The topological polar surface area (TPSA) is 71.2 Å². The van der Waals surface area contributed by atoms with Crippen LogP contribution in [-0.4, -0.2) is 17.5 Å². The molecule has 4 rings (SSSR count). The highest BCUT2D eigenvalue weighted by molar-refractivity contribution is 6.08. The van der Waals surface area contributed by atoms with Crippen LogP contribution in [0.15, 0.2) is 89.9 Å². The van der Waals surface area contributed by atoms with Gasteiger partial charge in [0.15, 0.2) is 5.43 Å². The van der Waals surface area contributed by atoms with Crippen molar-refractivity contribution < 1.29 is 9.53 Å². The van der Waals surface area contributed by atoms with Gasteiger partial charge in [0.25, 0.3) is 5.91 Å². The van der Waals surface area contributed by atoms with E-state index in [1.165, 1.54) is 11.6 Å². The SMILES string of the molecule is O=C(Nc1cccc2c(=O)cc[nH]c12)c1ccc(OCCCCc2ccccc2)cc1. The fourth-order valence-corrected chi connectivity index (χ4v) is 3.47. The van der Waals surface area contributed by atoms with E-state index in [0.717, 1.165) is 25.0 Å². The zero-order chi connectivity index (χ0) is 21.5. The molecule has 156 valence electrons. The molecule has 0 radical (unpaired) electrons. The molecule has 5 nitrogen and oxygen atoms in total. The van der Waals surface area contributed by atoms with Crippen molar-refractivity contribution in [3.05, 3.63) is 106 Å². The fraction of sp³-hybridized carbons (Fsp3) is 0.154. The Morgan fingerprint density at radius 3 is 2.48 bits per heavy atom. The number of rotatable bonds is 8. The number of aryl methyl sites for hydroxylation is 1. The van der Waals surface area contributed by atoms with Crippen LogP contribution in [0, 0.1) is 0 Å². The van der Waals surface area contributed by atoms with Crippen LogP contribution in [-0.2, 0) is 6.42 Å². The third-order valence-electron chi connectivity index (χ3n) is 5.13. The number of fused-ring (bicyclic) bond motifs is 1. The van der Waals surface area contributed by atoms with Crippen LogP contribution in [0.5, 0.6) is 5.75 Å². The number of aromatic nitrogens is 1. The molecule has 0 spiro atoms. The van der Waals surface area contributed by atoms with Gasteiger partial charge in [0.1, 0.15) is 5.75 Å². The molecule has 0 aliphatic carbocycles. The molecule has 0 unspecified atom stereocenters. The standard InChI is InChI=1S/C26H24N2O3/c29-24-16-17-27-25-22(24)10-6-11-23(25)28-26(30)20-12-14-21(15-13-20)31-18-5-4-9-19-7-2-1-3-8-19/h1-3,6-8,10-17H,4-5,9,18H2,(H,27,29)(H,28,30). The van der Waals surface area contributed by atoms with E-state index in [1.807, 2.05) is 6.07 Å². The summed E-state index contributed by atoms with van der Waals surface area (Å²) in [6, 6.07) is 24.2. The molecule has 0 fully saturated rings. The number of anilines is 1. The number of benzene rings is 3. The number of unbranched alkanes of at least 4 members (excludes halogenated alkanes) is 1. The first-order chi connectivity index (χ1) is 15.2. The van der Waals surface area contributed by atoms with Gasteiger partial charge >= 0.3 is 0 Å². The molecule has 4 aromatic rings. The monoisotopic (exact) mass is 412 g/mol. The zero-order valence-corrected chi connectivity index (χ0v) is 17.1. The Balaban J connectivity index is 1.30. The predicted molar refractivity (Wildman–Crippen MR) is 124 cm³/mol. The van der Waals surface area contributed by atoms with Gasteiger partial charge in [-0.05, 0) is 61.2 Å². The van der Waals surface area contributed by atoms with Crippen molar-refractivity contribution in [3.8, 4) is 5.75 Å². The molecule has 0 atom stereocenters. The quantitative estimate of drug-likeness (QED) is 0.392. The molecule has 5 heteroatoms. The number of carbonyl (C=O) groups excluding carboxylic acids is 1. The first-order valence-corrected chi connectivity index (χ1v) is 10.4. The van der Waals surface area contributed by atoms with Crippen LogP contribution >= 0.6 is 0 Å². The predicted octanol–water partition coefficient (Wildman–Crippen LogP) is 5.18. The lowest BCUT2D eigenvalue weighted by atomic mass is 10.1. The van der Waals surface area contributed by atoms with Crippen molar-refractivity contribution in [1.82, 2.24) is 4.98 Å². The van der Waals surface area contributed by atoms with Crippen LogP contribution in [0.2, 0.25) is 0 Å². The van der Waals surface area contributed by atoms with Gasteiger partial charge in [-0.3, -0.25) is 9.59 Å². The van der Waals surface area contributed by atoms with E-state index in [0.29, 0.717) is 28.8 Å². The van der Waals surface area contributed by atoms with Gasteiger partial charge in [0.2, 0.25) is 0 Å². The number of carbonyl (C=O) groups is 1. The molecule has 3 aromatic carbocycles. The van der Waals surface area contributed by atoms with Crippen LogP contribution in [0.1, 0.15) is 28.8 Å². The van der Waals surface area contributed by atoms with Gasteiger partial charge in [-0.25, -0.2) is 0 Å². The number of aromatic amines is 1. The van der Waals surface area contributed by atoms with Crippen molar-refractivity contribution in [3.63, 3.8) is 0 Å². The minimum absolute atomic E-state index is 0.0879. The average molecular weight is 412 g/mol. The highest BCUT2D eigenvalue weighted by atomic mass is 16.5. The van der Waals surface area contributed by atoms with Crippen LogP contribution < -0.4 is 15.5 Å². The van der Waals surface area contributed by atoms with Crippen molar-refractivity contribution >= 4 is 22.5 Å². The van der Waals surface area contributed by atoms with E-state index in [2.05, 4.69) is 34.6 Å². The summed E-state index contributed by atoms with van der Waals surface area (Å²) in [7, 11) is 0. The number of hydrogen-bond donors (Lipinski definition) is 2. The summed E-state index contributed by atoms with van der Waals surface area (Å²) in [5, 5.41) is 3.41. The molecule has 0 saturated heterocycles. The summed E-state index contributed by atoms with van der Waals surface area (Å²) >= 11 is 0. The maximum Gasteiger partial charge on any atom is 0.255 e. The van der Waals surface area contributed by atoms with Gasteiger partial charge in [-0.2, -0.15) is 0 Å². The van der Waals surface area contributed by atoms with E-state index in [9.17, 15) is 9.59 Å². The molecule has 0 aliphatic heterocycles. The smallest absolute Gasteiger partial charge is 0.255 e. The minimum Gasteiger partial charge on any atom is -0.494 e. The minimum atomic E-state index is -0.244. The van der Waals surface area contributed by atoms with E-state index in [4.69, 9.17) is 4.74 Å². The lowest BCUT2D eigenvalue weighted by Gasteiger charge is -2.10. The Morgan fingerprint density at radius 2 is 1.68 bits per heavy atom. The van der Waals surface area contributed by atoms with Gasteiger partial charge in [-0.15, -0.1) is 0 Å². The van der Waals surface area contributed by atoms with E-state index >= 15 is 0 Å². The number of nitrogens with one attached hydrogen (secondary N) is 2. The molecule has 31 heavy (non-hydrogen) atoms. The molecule has 1 aromatic heterocycles. The number of H-pyrrole nitrogens is 1. The van der Waals surface area contributed by atoms with Crippen molar-refractivity contribution in [1.29, 1.82) is 0 Å². The summed E-state index contributed by atoms with van der Waals surface area (Å²) in [6.45, 7) is 0.641. The van der Waals surface area contributed by atoms with Crippen molar-refractivity contribution in [2.75, 3.05) is 11.9 Å². The van der Waals surface area contributed by atoms with E-state index < -0.39 is 0 Å². The maximum atomic E-state index is 12.6. The van der Waals surface area contributed by atoms with Crippen LogP contribution in [0.3, 0.4) is 0 Å². The zero-order valence-electron chi connectivity index (χ0n) is 17.1. The first-order valence-electron chi connectivity index (χ1n) is 10.4. The highest BCUT2D eigenvalue weighted by Gasteiger charge is 2.10. The molecule has 0 saturated carbocycles. The van der Waals surface area contributed by atoms with Crippen LogP contribution in [0.25, 0.3) is 10.9 Å². The summed E-state index contributed by atoms with van der Waals surface area (Å²) in [5.74, 6) is 0.498. The lowest BCUT2D eigenvalue weighted by molar-refractivity contribution is 0.102. The second-order valence-corrected chi connectivity index (χ2v) is 7.34. The normalized spacial score (nSPS) is 10.7. The summed E-state index contributed by atoms with van der Waals surface area (Å²) < 4.78 is 5.80. The number of para-hydroxylation sites is 1. The Hall–Kier alpha value is -3.86.